The van der Waals surface area contributed by atoms with E-state index in [-0.39, 0.29) is 11.8 Å². The van der Waals surface area contributed by atoms with E-state index in [1.54, 1.807) is 10.9 Å². The summed E-state index contributed by atoms with van der Waals surface area (Å²) in [7, 11) is 1.88. The molecule has 4 heteroatoms. The molecule has 0 aromatic carbocycles. The van der Waals surface area contributed by atoms with E-state index in [2.05, 4.69) is 10.4 Å². The zero-order chi connectivity index (χ0) is 11.1. The van der Waals surface area contributed by atoms with E-state index in [4.69, 9.17) is 0 Å². The van der Waals surface area contributed by atoms with Crippen molar-refractivity contribution in [3.05, 3.63) is 18.0 Å². The molecule has 86 valence electrons. The monoisotopic (exact) mass is 219 g/mol. The van der Waals surface area contributed by atoms with Crippen LogP contribution in [0.2, 0.25) is 0 Å². The van der Waals surface area contributed by atoms with Gasteiger partial charge < -0.3 is 5.32 Å². The fourth-order valence-corrected chi connectivity index (χ4v) is 2.83. The minimum Gasteiger partial charge on any atom is -0.352 e. The van der Waals surface area contributed by atoms with Crippen molar-refractivity contribution in [1.29, 1.82) is 0 Å². The third-order valence-electron chi connectivity index (χ3n) is 3.84. The molecule has 0 spiro atoms. The summed E-state index contributed by atoms with van der Waals surface area (Å²) < 4.78 is 1.76. The largest absolute Gasteiger partial charge is 0.352 e. The van der Waals surface area contributed by atoms with Gasteiger partial charge in [0.1, 0.15) is 0 Å². The molecule has 2 fully saturated rings. The van der Waals surface area contributed by atoms with Crippen LogP contribution in [0.5, 0.6) is 0 Å². The molecule has 0 saturated heterocycles. The fraction of sp³-hybridized carbons (Fsp3) is 0.667. The standard InChI is InChI=1S/C12H17N3O/c1-15-7-8(6-14-15)5-13-12(16)11-3-9-2-10(9)4-11/h6-7,9-11H,2-5H2,1H3,(H,13,16). The number of fused-ring (bicyclic) bond motifs is 1. The van der Waals surface area contributed by atoms with Gasteiger partial charge in [-0.1, -0.05) is 0 Å². The second kappa shape index (κ2) is 3.61. The Morgan fingerprint density at radius 1 is 1.50 bits per heavy atom. The third-order valence-corrected chi connectivity index (χ3v) is 3.84. The molecule has 1 aromatic rings. The van der Waals surface area contributed by atoms with Gasteiger partial charge in [0.25, 0.3) is 0 Å². The molecule has 1 aromatic heterocycles. The number of hydrogen-bond donors (Lipinski definition) is 1. The van der Waals surface area contributed by atoms with Crippen LogP contribution in [0.3, 0.4) is 0 Å². The van der Waals surface area contributed by atoms with Gasteiger partial charge in [0, 0.05) is 31.3 Å². The van der Waals surface area contributed by atoms with E-state index in [0.717, 1.165) is 30.2 Å². The summed E-state index contributed by atoms with van der Waals surface area (Å²) in [4.78, 5) is 11.9. The lowest BCUT2D eigenvalue weighted by Gasteiger charge is -2.11. The maximum atomic E-state index is 11.9. The normalized spacial score (nSPS) is 31.2. The van der Waals surface area contributed by atoms with Crippen molar-refractivity contribution in [2.75, 3.05) is 0 Å². The van der Waals surface area contributed by atoms with Crippen LogP contribution in [0, 0.1) is 17.8 Å². The van der Waals surface area contributed by atoms with Crippen LogP contribution < -0.4 is 5.32 Å². The van der Waals surface area contributed by atoms with Gasteiger partial charge in [-0.15, -0.1) is 0 Å². The topological polar surface area (TPSA) is 46.9 Å². The van der Waals surface area contributed by atoms with Crippen molar-refractivity contribution in [3.8, 4) is 0 Å². The van der Waals surface area contributed by atoms with Crippen molar-refractivity contribution in [3.63, 3.8) is 0 Å². The van der Waals surface area contributed by atoms with E-state index >= 15 is 0 Å². The summed E-state index contributed by atoms with van der Waals surface area (Å²) >= 11 is 0. The first-order chi connectivity index (χ1) is 7.72. The van der Waals surface area contributed by atoms with Crippen LogP contribution in [0.1, 0.15) is 24.8 Å². The van der Waals surface area contributed by atoms with Crippen LogP contribution in [-0.2, 0) is 18.4 Å². The first-order valence-electron chi connectivity index (χ1n) is 5.97. The summed E-state index contributed by atoms with van der Waals surface area (Å²) in [6, 6.07) is 0. The number of aromatic nitrogens is 2. The van der Waals surface area contributed by atoms with E-state index in [1.807, 2.05) is 13.2 Å². The lowest BCUT2D eigenvalue weighted by atomic mass is 10.0. The lowest BCUT2D eigenvalue weighted by molar-refractivity contribution is -0.125. The van der Waals surface area contributed by atoms with Gasteiger partial charge in [-0.3, -0.25) is 9.48 Å². The highest BCUT2D eigenvalue weighted by Crippen LogP contribution is 2.54. The molecule has 2 aliphatic rings. The van der Waals surface area contributed by atoms with Gasteiger partial charge in [-0.25, -0.2) is 0 Å². The number of nitrogens with zero attached hydrogens (tertiary/aromatic N) is 2. The van der Waals surface area contributed by atoms with E-state index in [1.165, 1.54) is 6.42 Å². The maximum absolute atomic E-state index is 11.9. The Bertz CT molecular complexity index is 402. The molecule has 0 aliphatic heterocycles. The van der Waals surface area contributed by atoms with E-state index in [0.29, 0.717) is 6.54 Å². The summed E-state index contributed by atoms with van der Waals surface area (Å²) in [6.45, 7) is 0.610. The van der Waals surface area contributed by atoms with Crippen LogP contribution >= 0.6 is 0 Å². The first kappa shape index (κ1) is 9.87. The lowest BCUT2D eigenvalue weighted by Crippen LogP contribution is -2.29. The highest BCUT2D eigenvalue weighted by atomic mass is 16.1. The zero-order valence-corrected chi connectivity index (χ0v) is 9.52. The molecule has 16 heavy (non-hydrogen) atoms. The van der Waals surface area contributed by atoms with Gasteiger partial charge in [0.05, 0.1) is 6.20 Å². The van der Waals surface area contributed by atoms with Crippen LogP contribution in [0.15, 0.2) is 12.4 Å². The molecule has 1 N–H and O–H groups in total. The van der Waals surface area contributed by atoms with Crippen LogP contribution in [0.25, 0.3) is 0 Å². The van der Waals surface area contributed by atoms with Crippen molar-refractivity contribution in [2.45, 2.75) is 25.8 Å². The average Bonchev–Trinajstić information content (AvgIpc) is 2.71. The summed E-state index contributed by atoms with van der Waals surface area (Å²) in [6.07, 6.45) is 7.33. The summed E-state index contributed by atoms with van der Waals surface area (Å²) in [5.74, 6) is 2.25. The van der Waals surface area contributed by atoms with Gasteiger partial charge in [0.15, 0.2) is 0 Å². The second-order valence-corrected chi connectivity index (χ2v) is 5.16. The Hall–Kier alpha value is -1.32. The number of amides is 1. The molecule has 4 nitrogen and oxygen atoms in total. The number of hydrogen-bond acceptors (Lipinski definition) is 2. The summed E-state index contributed by atoms with van der Waals surface area (Å²) in [5.41, 5.74) is 1.07. The number of carbonyl (C=O) groups is 1. The molecule has 3 rings (SSSR count). The van der Waals surface area contributed by atoms with E-state index < -0.39 is 0 Å². The Labute approximate surface area is 95.0 Å². The minimum absolute atomic E-state index is 0.232. The zero-order valence-electron chi connectivity index (χ0n) is 9.52. The highest BCUT2D eigenvalue weighted by molar-refractivity contribution is 5.79. The Morgan fingerprint density at radius 3 is 2.88 bits per heavy atom. The fourth-order valence-electron chi connectivity index (χ4n) is 2.83. The predicted octanol–water partition coefficient (Wildman–Crippen LogP) is 1.08. The molecule has 1 amide bonds. The highest BCUT2D eigenvalue weighted by Gasteiger charge is 2.47. The van der Waals surface area contributed by atoms with Crippen molar-refractivity contribution >= 4 is 5.91 Å². The van der Waals surface area contributed by atoms with Crippen molar-refractivity contribution in [1.82, 2.24) is 15.1 Å². The molecule has 2 unspecified atom stereocenters. The molecule has 2 aliphatic carbocycles. The maximum Gasteiger partial charge on any atom is 0.223 e. The SMILES string of the molecule is Cn1cc(CNC(=O)C2CC3CC3C2)cn1. The second-order valence-electron chi connectivity index (χ2n) is 5.16. The summed E-state index contributed by atoms with van der Waals surface area (Å²) in [5, 5.41) is 7.08. The number of rotatable bonds is 3. The van der Waals surface area contributed by atoms with Crippen LogP contribution in [-0.4, -0.2) is 15.7 Å². The Kier molecular flexibility index (Phi) is 2.23. The average molecular weight is 219 g/mol. The quantitative estimate of drug-likeness (QED) is 0.827. The van der Waals surface area contributed by atoms with Crippen LogP contribution in [0.4, 0.5) is 0 Å². The molecule has 0 radical (unpaired) electrons. The smallest absolute Gasteiger partial charge is 0.223 e. The molecule has 2 saturated carbocycles. The van der Waals surface area contributed by atoms with Crippen molar-refractivity contribution < 1.29 is 4.79 Å². The van der Waals surface area contributed by atoms with E-state index in [9.17, 15) is 4.79 Å². The Balaban J connectivity index is 1.49. The molecule has 1 heterocycles. The molecule has 2 atom stereocenters. The predicted molar refractivity (Wildman–Crippen MR) is 59.4 cm³/mol. The Morgan fingerprint density at radius 2 is 2.25 bits per heavy atom. The van der Waals surface area contributed by atoms with Gasteiger partial charge in [0.2, 0.25) is 5.91 Å². The third kappa shape index (κ3) is 1.84. The van der Waals surface area contributed by atoms with Gasteiger partial charge >= 0.3 is 0 Å². The minimum atomic E-state index is 0.232. The molecular weight excluding hydrogens is 202 g/mol. The number of nitrogens with one attached hydrogen (secondary N) is 1. The molecule has 0 bridgehead atoms. The first-order valence-corrected chi connectivity index (χ1v) is 5.97. The van der Waals surface area contributed by atoms with Crippen molar-refractivity contribution in [2.24, 2.45) is 24.8 Å². The number of aryl methyl sites for hydroxylation is 1. The number of carbonyl (C=O) groups excluding carboxylic acids is 1. The van der Waals surface area contributed by atoms with Gasteiger partial charge in [-0.05, 0) is 31.1 Å². The van der Waals surface area contributed by atoms with Gasteiger partial charge in [-0.2, -0.15) is 5.10 Å². The molecular formula is C12H17N3O.